The van der Waals surface area contributed by atoms with E-state index in [9.17, 15) is 14.9 Å². The van der Waals surface area contributed by atoms with Gasteiger partial charge in [-0.1, -0.05) is 0 Å². The number of thiophene rings is 1. The van der Waals surface area contributed by atoms with Gasteiger partial charge in [-0.3, -0.25) is 19.6 Å². The van der Waals surface area contributed by atoms with Crippen molar-refractivity contribution in [2.75, 3.05) is 20.6 Å². The molecule has 130 valence electrons. The standard InChI is InChI=1S/C15H21N5O3S/c1-10-15(20(22)23)11(2)19(17-10)8-14(21)16-7-13(18(3)4)12-5-6-24-9-12/h5-6,9,13H,7-8H2,1-4H3,(H,16,21). The predicted molar refractivity (Wildman–Crippen MR) is 92.1 cm³/mol. The van der Waals surface area contributed by atoms with Crippen LogP contribution < -0.4 is 5.32 Å². The molecule has 2 aromatic heterocycles. The summed E-state index contributed by atoms with van der Waals surface area (Å²) in [6.07, 6.45) is 0. The molecule has 0 fully saturated rings. The molecule has 2 rings (SSSR count). The highest BCUT2D eigenvalue weighted by atomic mass is 32.1. The van der Waals surface area contributed by atoms with Crippen LogP contribution in [0, 0.1) is 24.0 Å². The van der Waals surface area contributed by atoms with Gasteiger partial charge in [0.1, 0.15) is 17.9 Å². The van der Waals surface area contributed by atoms with E-state index in [1.165, 1.54) is 4.68 Å². The Kier molecular flexibility index (Phi) is 5.68. The maximum absolute atomic E-state index is 12.2. The number of hydrogen-bond acceptors (Lipinski definition) is 6. The van der Waals surface area contributed by atoms with E-state index < -0.39 is 4.92 Å². The van der Waals surface area contributed by atoms with E-state index >= 15 is 0 Å². The zero-order chi connectivity index (χ0) is 17.9. The quantitative estimate of drug-likeness (QED) is 0.607. The van der Waals surface area contributed by atoms with Crippen LogP contribution in [0.1, 0.15) is 23.0 Å². The molecule has 0 aliphatic rings. The normalized spacial score (nSPS) is 12.4. The molecule has 1 unspecified atom stereocenters. The van der Waals surface area contributed by atoms with Gasteiger partial charge in [0.2, 0.25) is 5.91 Å². The molecule has 0 spiro atoms. The third kappa shape index (κ3) is 3.98. The Labute approximate surface area is 144 Å². The third-order valence-electron chi connectivity index (χ3n) is 3.86. The highest BCUT2D eigenvalue weighted by Crippen LogP contribution is 2.22. The molecule has 1 atom stereocenters. The second kappa shape index (κ2) is 7.54. The maximum Gasteiger partial charge on any atom is 0.312 e. The summed E-state index contributed by atoms with van der Waals surface area (Å²) < 4.78 is 1.37. The molecule has 0 aliphatic carbocycles. The number of nitrogens with zero attached hydrogens (tertiary/aromatic N) is 4. The Morgan fingerprint density at radius 2 is 2.21 bits per heavy atom. The fourth-order valence-electron chi connectivity index (χ4n) is 2.57. The lowest BCUT2D eigenvalue weighted by Crippen LogP contribution is -2.36. The Balaban J connectivity index is 2.01. The zero-order valence-corrected chi connectivity index (χ0v) is 15.0. The summed E-state index contributed by atoms with van der Waals surface area (Å²) in [4.78, 5) is 24.8. The van der Waals surface area contributed by atoms with E-state index in [0.29, 0.717) is 17.9 Å². The van der Waals surface area contributed by atoms with Crippen molar-refractivity contribution in [3.8, 4) is 0 Å². The first-order valence-corrected chi connectivity index (χ1v) is 8.39. The molecule has 24 heavy (non-hydrogen) atoms. The molecule has 0 aromatic carbocycles. The number of aryl methyl sites for hydroxylation is 1. The molecule has 1 N–H and O–H groups in total. The van der Waals surface area contributed by atoms with Gasteiger partial charge in [0, 0.05) is 6.54 Å². The smallest absolute Gasteiger partial charge is 0.312 e. The molecular formula is C15H21N5O3S. The van der Waals surface area contributed by atoms with Gasteiger partial charge >= 0.3 is 5.69 Å². The van der Waals surface area contributed by atoms with E-state index in [4.69, 9.17) is 0 Å². The van der Waals surface area contributed by atoms with Crippen LogP contribution in [0.25, 0.3) is 0 Å². The number of rotatable bonds is 7. The topological polar surface area (TPSA) is 93.3 Å². The van der Waals surface area contributed by atoms with Crippen LogP contribution in [0.15, 0.2) is 16.8 Å². The summed E-state index contributed by atoms with van der Waals surface area (Å²) in [5.74, 6) is -0.224. The minimum Gasteiger partial charge on any atom is -0.353 e. The van der Waals surface area contributed by atoms with E-state index in [1.54, 1.807) is 25.2 Å². The first-order chi connectivity index (χ1) is 11.3. The molecule has 0 saturated carbocycles. The average molecular weight is 351 g/mol. The molecule has 8 nitrogen and oxygen atoms in total. The fraction of sp³-hybridized carbons (Fsp3) is 0.467. The van der Waals surface area contributed by atoms with Crippen molar-refractivity contribution in [1.82, 2.24) is 20.0 Å². The molecule has 2 heterocycles. The van der Waals surface area contributed by atoms with Gasteiger partial charge in [-0.2, -0.15) is 16.4 Å². The number of carbonyl (C=O) groups excluding carboxylic acids is 1. The number of hydrogen-bond donors (Lipinski definition) is 1. The predicted octanol–water partition coefficient (Wildman–Crippen LogP) is 1.89. The average Bonchev–Trinajstić information content (AvgIpc) is 3.08. The van der Waals surface area contributed by atoms with E-state index in [2.05, 4.69) is 15.8 Å². The van der Waals surface area contributed by atoms with Crippen molar-refractivity contribution < 1.29 is 9.72 Å². The van der Waals surface area contributed by atoms with Gasteiger partial charge < -0.3 is 10.2 Å². The van der Waals surface area contributed by atoms with Crippen molar-refractivity contribution in [2.45, 2.75) is 26.4 Å². The summed E-state index contributed by atoms with van der Waals surface area (Å²) in [6, 6.07) is 2.11. The number of nitro groups is 1. The Bertz CT molecular complexity index is 724. The van der Waals surface area contributed by atoms with Crippen LogP contribution in [-0.4, -0.2) is 46.2 Å². The summed E-state index contributed by atoms with van der Waals surface area (Å²) >= 11 is 1.61. The summed E-state index contributed by atoms with van der Waals surface area (Å²) in [5.41, 5.74) is 1.81. The zero-order valence-electron chi connectivity index (χ0n) is 14.1. The largest absolute Gasteiger partial charge is 0.353 e. The molecule has 0 radical (unpaired) electrons. The SMILES string of the molecule is Cc1nn(CC(=O)NCC(c2ccsc2)N(C)C)c(C)c1[N+](=O)[O-]. The lowest BCUT2D eigenvalue weighted by molar-refractivity contribution is -0.386. The van der Waals surface area contributed by atoms with Gasteiger partial charge in [-0.15, -0.1) is 0 Å². The van der Waals surface area contributed by atoms with Crippen molar-refractivity contribution in [2.24, 2.45) is 0 Å². The van der Waals surface area contributed by atoms with Gasteiger partial charge in [0.05, 0.1) is 11.0 Å². The minimum absolute atomic E-state index is 0.0350. The van der Waals surface area contributed by atoms with Crippen LogP contribution in [-0.2, 0) is 11.3 Å². The molecule has 2 aromatic rings. The number of amides is 1. The second-order valence-electron chi connectivity index (χ2n) is 5.77. The summed E-state index contributed by atoms with van der Waals surface area (Å²) in [7, 11) is 3.91. The molecule has 1 amide bonds. The second-order valence-corrected chi connectivity index (χ2v) is 6.55. The van der Waals surface area contributed by atoms with E-state index in [1.807, 2.05) is 30.4 Å². The monoisotopic (exact) mass is 351 g/mol. The fourth-order valence-corrected chi connectivity index (χ4v) is 3.28. The maximum atomic E-state index is 12.2. The van der Waals surface area contributed by atoms with Crippen LogP contribution in [0.3, 0.4) is 0 Å². The van der Waals surface area contributed by atoms with Crippen molar-refractivity contribution >= 4 is 22.9 Å². The molecule has 0 bridgehead atoms. The van der Waals surface area contributed by atoms with E-state index in [-0.39, 0.29) is 24.2 Å². The van der Waals surface area contributed by atoms with Crippen molar-refractivity contribution in [1.29, 1.82) is 0 Å². The molecule has 0 aliphatic heterocycles. The third-order valence-corrected chi connectivity index (χ3v) is 4.56. The van der Waals surface area contributed by atoms with Crippen molar-refractivity contribution in [3.63, 3.8) is 0 Å². The summed E-state index contributed by atoms with van der Waals surface area (Å²) in [5, 5.41) is 22.0. The minimum atomic E-state index is -0.468. The number of nitrogens with one attached hydrogen (secondary N) is 1. The van der Waals surface area contributed by atoms with Crippen LogP contribution in [0.2, 0.25) is 0 Å². The van der Waals surface area contributed by atoms with Crippen LogP contribution in [0.4, 0.5) is 5.69 Å². The van der Waals surface area contributed by atoms with Crippen LogP contribution in [0.5, 0.6) is 0 Å². The van der Waals surface area contributed by atoms with E-state index in [0.717, 1.165) is 5.56 Å². The van der Waals surface area contributed by atoms with Crippen molar-refractivity contribution in [3.05, 3.63) is 43.9 Å². The van der Waals surface area contributed by atoms with Gasteiger partial charge in [0.15, 0.2) is 0 Å². The number of likely N-dealkylation sites (N-methyl/N-ethyl adjacent to an activating group) is 1. The first kappa shape index (κ1) is 18.1. The van der Waals surface area contributed by atoms with Gasteiger partial charge in [-0.25, -0.2) is 0 Å². The van der Waals surface area contributed by atoms with Gasteiger partial charge in [0.25, 0.3) is 0 Å². The number of carbonyl (C=O) groups is 1. The highest BCUT2D eigenvalue weighted by Gasteiger charge is 2.23. The Hall–Kier alpha value is -2.26. The molecular weight excluding hydrogens is 330 g/mol. The molecule has 0 saturated heterocycles. The molecule has 9 heteroatoms. The Morgan fingerprint density at radius 1 is 1.50 bits per heavy atom. The lowest BCUT2D eigenvalue weighted by Gasteiger charge is -2.24. The van der Waals surface area contributed by atoms with Gasteiger partial charge in [-0.05, 0) is 50.3 Å². The summed E-state index contributed by atoms with van der Waals surface area (Å²) in [6.45, 7) is 3.59. The highest BCUT2D eigenvalue weighted by molar-refractivity contribution is 7.07. The first-order valence-electron chi connectivity index (χ1n) is 7.45. The lowest BCUT2D eigenvalue weighted by atomic mass is 10.1. The van der Waals surface area contributed by atoms with Crippen LogP contribution >= 0.6 is 11.3 Å². The Morgan fingerprint density at radius 3 is 2.71 bits per heavy atom. The number of aromatic nitrogens is 2.